The molecule has 2 N–H and O–H groups in total. The van der Waals surface area contributed by atoms with Crippen LogP contribution in [0.3, 0.4) is 0 Å². The van der Waals surface area contributed by atoms with Gasteiger partial charge in [0, 0.05) is 17.8 Å². The van der Waals surface area contributed by atoms with Gasteiger partial charge >= 0.3 is 0 Å². The number of anilines is 1. The zero-order valence-electron chi connectivity index (χ0n) is 14.7. The Hall–Kier alpha value is -2.83. The average molecular weight is 399 g/mol. The summed E-state index contributed by atoms with van der Waals surface area (Å²) in [6.07, 6.45) is 3.70. The molecule has 0 atom stereocenters. The minimum Gasteiger partial charge on any atom is -0.495 e. The number of rotatable bonds is 6. The van der Waals surface area contributed by atoms with E-state index in [1.165, 1.54) is 0 Å². The molecule has 7 heteroatoms. The number of benzene rings is 2. The third kappa shape index (κ3) is 5.09. The van der Waals surface area contributed by atoms with E-state index in [9.17, 15) is 0 Å². The zero-order valence-corrected chi connectivity index (χ0v) is 16.3. The summed E-state index contributed by atoms with van der Waals surface area (Å²) in [5, 5.41) is 8.40. The van der Waals surface area contributed by atoms with Gasteiger partial charge in [-0.05, 0) is 48.1 Å². The van der Waals surface area contributed by atoms with E-state index in [2.05, 4.69) is 20.4 Å². The maximum absolute atomic E-state index is 6.25. The van der Waals surface area contributed by atoms with Crippen molar-refractivity contribution in [3.8, 4) is 5.75 Å². The fourth-order valence-corrected chi connectivity index (χ4v) is 2.91. The van der Waals surface area contributed by atoms with E-state index in [1.54, 1.807) is 13.3 Å². The molecule has 0 saturated carbocycles. The van der Waals surface area contributed by atoms with Crippen molar-refractivity contribution in [1.82, 2.24) is 9.99 Å². The summed E-state index contributed by atoms with van der Waals surface area (Å²) in [5.74, 6) is 0.708. The summed E-state index contributed by atoms with van der Waals surface area (Å²) >= 11 is 11.5. The van der Waals surface area contributed by atoms with Crippen molar-refractivity contribution < 1.29 is 4.74 Å². The number of thiocarbonyl (C=S) groups is 1. The third-order valence-electron chi connectivity index (χ3n) is 3.88. The summed E-state index contributed by atoms with van der Waals surface area (Å²) in [6.45, 7) is 0.665. The largest absolute Gasteiger partial charge is 0.495 e. The van der Waals surface area contributed by atoms with Crippen molar-refractivity contribution in [3.63, 3.8) is 0 Å². The molecule has 0 radical (unpaired) electrons. The molecule has 5 nitrogen and oxygen atoms in total. The number of halogens is 1. The molecule has 0 aliphatic rings. The van der Waals surface area contributed by atoms with E-state index < -0.39 is 0 Å². The first-order valence-corrected chi connectivity index (χ1v) is 9.07. The maximum atomic E-state index is 6.25. The Morgan fingerprint density at radius 3 is 2.74 bits per heavy atom. The van der Waals surface area contributed by atoms with Gasteiger partial charge in [0.1, 0.15) is 5.75 Å². The molecule has 3 aromatic rings. The molecule has 2 aromatic carbocycles. The van der Waals surface area contributed by atoms with Crippen LogP contribution in [-0.2, 0) is 6.54 Å². The van der Waals surface area contributed by atoms with Crippen LogP contribution in [0, 0.1) is 0 Å². The summed E-state index contributed by atoms with van der Waals surface area (Å²) in [4.78, 5) is 0. The molecule has 0 aliphatic carbocycles. The second-order valence-corrected chi connectivity index (χ2v) is 6.49. The molecular formula is C20H19ClN4OS. The number of nitrogens with zero attached hydrogens (tertiary/aromatic N) is 2. The first-order valence-electron chi connectivity index (χ1n) is 8.29. The average Bonchev–Trinajstić information content (AvgIpc) is 3.11. The first kappa shape index (κ1) is 18.9. The lowest BCUT2D eigenvalue weighted by Crippen LogP contribution is -2.24. The van der Waals surface area contributed by atoms with Crippen molar-refractivity contribution in [2.45, 2.75) is 6.54 Å². The number of hydrazone groups is 1. The predicted octanol–water partition coefficient (Wildman–Crippen LogP) is 4.52. The van der Waals surface area contributed by atoms with Gasteiger partial charge < -0.3 is 14.6 Å². The van der Waals surface area contributed by atoms with Gasteiger partial charge in [0.2, 0.25) is 0 Å². The van der Waals surface area contributed by atoms with Crippen LogP contribution in [0.5, 0.6) is 5.75 Å². The normalized spacial score (nSPS) is 10.7. The predicted molar refractivity (Wildman–Crippen MR) is 115 cm³/mol. The van der Waals surface area contributed by atoms with Gasteiger partial charge in [0.15, 0.2) is 5.11 Å². The molecule has 1 heterocycles. The smallest absolute Gasteiger partial charge is 0.191 e. The van der Waals surface area contributed by atoms with Crippen molar-refractivity contribution in [1.29, 1.82) is 0 Å². The molecule has 0 spiro atoms. The highest BCUT2D eigenvalue weighted by Gasteiger charge is 2.04. The van der Waals surface area contributed by atoms with Gasteiger partial charge in [0.25, 0.3) is 0 Å². The first-order chi connectivity index (χ1) is 13.2. The van der Waals surface area contributed by atoms with E-state index in [-0.39, 0.29) is 0 Å². The lowest BCUT2D eigenvalue weighted by molar-refractivity contribution is 0.417. The Morgan fingerprint density at radius 2 is 1.93 bits per heavy atom. The molecule has 138 valence electrons. The Balaban J connectivity index is 1.61. The summed E-state index contributed by atoms with van der Waals surface area (Å²) < 4.78 is 7.35. The van der Waals surface area contributed by atoms with Crippen molar-refractivity contribution in [3.05, 3.63) is 83.1 Å². The Bertz CT molecular complexity index is 954. The van der Waals surface area contributed by atoms with Crippen LogP contribution < -0.4 is 15.5 Å². The third-order valence-corrected chi connectivity index (χ3v) is 4.44. The second kappa shape index (κ2) is 9.21. The van der Waals surface area contributed by atoms with Gasteiger partial charge in [0.05, 0.1) is 24.7 Å². The van der Waals surface area contributed by atoms with Crippen LogP contribution >= 0.6 is 23.8 Å². The van der Waals surface area contributed by atoms with Crippen LogP contribution in [-0.4, -0.2) is 23.0 Å². The molecular weight excluding hydrogens is 380 g/mol. The van der Waals surface area contributed by atoms with Crippen LogP contribution in [0.1, 0.15) is 11.3 Å². The van der Waals surface area contributed by atoms with Crippen molar-refractivity contribution in [2.75, 3.05) is 12.4 Å². The number of hydrogen-bond donors (Lipinski definition) is 2. The summed E-state index contributed by atoms with van der Waals surface area (Å²) in [5.41, 5.74) is 5.57. The van der Waals surface area contributed by atoms with Crippen LogP contribution in [0.4, 0.5) is 5.69 Å². The van der Waals surface area contributed by atoms with E-state index >= 15 is 0 Å². The molecule has 3 rings (SSSR count). The van der Waals surface area contributed by atoms with Crippen LogP contribution in [0.15, 0.2) is 72.0 Å². The second-order valence-electron chi connectivity index (χ2n) is 5.68. The highest BCUT2D eigenvalue weighted by Crippen LogP contribution is 2.22. The minimum atomic E-state index is 0.375. The Morgan fingerprint density at radius 1 is 1.15 bits per heavy atom. The number of nitrogens with one attached hydrogen (secondary N) is 2. The summed E-state index contributed by atoms with van der Waals surface area (Å²) in [6, 6.07) is 19.3. The highest BCUT2D eigenvalue weighted by atomic mass is 35.5. The van der Waals surface area contributed by atoms with E-state index in [0.29, 0.717) is 17.4 Å². The molecule has 0 fully saturated rings. The molecule has 0 aliphatic heterocycles. The Kier molecular flexibility index (Phi) is 6.46. The number of para-hydroxylation sites is 2. The summed E-state index contributed by atoms with van der Waals surface area (Å²) in [7, 11) is 1.61. The van der Waals surface area contributed by atoms with Gasteiger partial charge in [-0.15, -0.1) is 0 Å². The molecule has 0 amide bonds. The monoisotopic (exact) mass is 398 g/mol. The highest BCUT2D eigenvalue weighted by molar-refractivity contribution is 7.80. The number of hydrogen-bond acceptors (Lipinski definition) is 3. The fraction of sp³-hybridized carbons (Fsp3) is 0.100. The standard InChI is InChI=1S/C20H19ClN4OS/c1-26-19-11-5-4-10-18(19)23-20(27)24-22-13-16-8-6-12-25(16)14-15-7-2-3-9-17(15)21/h2-13H,14H2,1H3,(H2,23,24,27). The number of aromatic nitrogens is 1. The Labute approximate surface area is 168 Å². The molecule has 0 unspecified atom stereocenters. The van der Waals surface area contributed by atoms with Crippen LogP contribution in [0.2, 0.25) is 5.02 Å². The SMILES string of the molecule is COc1ccccc1NC(=S)NN=Cc1cccn1Cc1ccccc1Cl. The van der Waals surface area contributed by atoms with E-state index in [1.807, 2.05) is 66.9 Å². The maximum Gasteiger partial charge on any atom is 0.191 e. The van der Waals surface area contributed by atoms with Crippen molar-refractivity contribution in [2.24, 2.45) is 5.10 Å². The fourth-order valence-electron chi connectivity index (χ4n) is 2.55. The molecule has 0 saturated heterocycles. The van der Waals surface area contributed by atoms with Gasteiger partial charge in [-0.25, -0.2) is 0 Å². The van der Waals surface area contributed by atoms with Crippen LogP contribution in [0.25, 0.3) is 0 Å². The van der Waals surface area contributed by atoms with E-state index in [4.69, 9.17) is 28.6 Å². The number of methoxy groups -OCH3 is 1. The number of ether oxygens (including phenoxy) is 1. The lowest BCUT2D eigenvalue weighted by Gasteiger charge is -2.11. The quantitative estimate of drug-likeness (QED) is 0.364. The zero-order chi connectivity index (χ0) is 19.1. The van der Waals surface area contributed by atoms with E-state index in [0.717, 1.165) is 22.0 Å². The minimum absolute atomic E-state index is 0.375. The lowest BCUT2D eigenvalue weighted by atomic mass is 10.2. The van der Waals surface area contributed by atoms with Gasteiger partial charge in [-0.2, -0.15) is 5.10 Å². The molecule has 1 aromatic heterocycles. The van der Waals surface area contributed by atoms with Gasteiger partial charge in [-0.3, -0.25) is 5.43 Å². The molecule has 27 heavy (non-hydrogen) atoms. The van der Waals surface area contributed by atoms with Gasteiger partial charge in [-0.1, -0.05) is 41.9 Å². The van der Waals surface area contributed by atoms with Crippen molar-refractivity contribution >= 4 is 40.8 Å². The molecule has 0 bridgehead atoms. The topological polar surface area (TPSA) is 50.6 Å².